The van der Waals surface area contributed by atoms with Crippen molar-refractivity contribution in [3.05, 3.63) is 84.6 Å². The molecule has 41 heavy (non-hydrogen) atoms. The zero-order chi connectivity index (χ0) is 28.6. The molecule has 0 aliphatic carbocycles. The molecule has 0 saturated carbocycles. The maximum absolute atomic E-state index is 13.7. The number of rotatable bonds is 11. The minimum absolute atomic E-state index is 0.0388. The van der Waals surface area contributed by atoms with Crippen LogP contribution in [0.3, 0.4) is 0 Å². The summed E-state index contributed by atoms with van der Waals surface area (Å²) in [5.41, 5.74) is 2.12. The molecule has 1 amide bonds. The topological polar surface area (TPSA) is 107 Å². The highest BCUT2D eigenvalue weighted by Gasteiger charge is 2.33. The molecule has 214 valence electrons. The molecule has 1 unspecified atom stereocenters. The number of carbonyl (C=O) groups excluding carboxylic acids is 1. The van der Waals surface area contributed by atoms with E-state index in [0.717, 1.165) is 43.2 Å². The summed E-state index contributed by atoms with van der Waals surface area (Å²) in [4.78, 5) is 31.3. The monoisotopic (exact) mass is 557 g/mol. The molecule has 11 nitrogen and oxygen atoms in total. The quantitative estimate of drug-likeness (QED) is 0.298. The highest BCUT2D eigenvalue weighted by molar-refractivity contribution is 5.82. The number of imidazole rings is 1. The van der Waals surface area contributed by atoms with Crippen LogP contribution in [0.5, 0.6) is 17.2 Å². The van der Waals surface area contributed by atoms with Crippen molar-refractivity contribution in [1.82, 2.24) is 29.7 Å². The van der Waals surface area contributed by atoms with Gasteiger partial charge >= 0.3 is 0 Å². The van der Waals surface area contributed by atoms with Gasteiger partial charge in [0.25, 0.3) is 0 Å². The molecule has 0 radical (unpaired) electrons. The number of carbonyl (C=O) groups is 1. The smallest absolute Gasteiger partial charge is 0.239 e. The number of methoxy groups -OCH3 is 3. The van der Waals surface area contributed by atoms with Gasteiger partial charge in [-0.15, -0.1) is 0 Å². The highest BCUT2D eigenvalue weighted by Crippen LogP contribution is 2.27. The van der Waals surface area contributed by atoms with Gasteiger partial charge in [-0.3, -0.25) is 14.3 Å². The molecule has 3 heterocycles. The highest BCUT2D eigenvalue weighted by atomic mass is 16.5. The van der Waals surface area contributed by atoms with E-state index in [1.54, 1.807) is 50.8 Å². The molecular weight excluding hydrogens is 522 g/mol. The van der Waals surface area contributed by atoms with Gasteiger partial charge < -0.3 is 24.4 Å². The summed E-state index contributed by atoms with van der Waals surface area (Å²) in [5, 5.41) is 3.14. The van der Waals surface area contributed by atoms with E-state index in [4.69, 9.17) is 19.2 Å². The first kappa shape index (κ1) is 27.9. The maximum atomic E-state index is 13.7. The summed E-state index contributed by atoms with van der Waals surface area (Å²) in [5.74, 6) is 3.38. The first-order valence-corrected chi connectivity index (χ1v) is 13.5. The van der Waals surface area contributed by atoms with E-state index in [9.17, 15) is 4.79 Å². The summed E-state index contributed by atoms with van der Waals surface area (Å²) in [7, 11) is 4.86. The molecule has 5 rings (SSSR count). The Morgan fingerprint density at radius 3 is 2.49 bits per heavy atom. The number of anilines is 1. The Kier molecular flexibility index (Phi) is 8.95. The van der Waals surface area contributed by atoms with Gasteiger partial charge in [0.05, 0.1) is 21.3 Å². The van der Waals surface area contributed by atoms with Gasteiger partial charge in [-0.1, -0.05) is 18.2 Å². The van der Waals surface area contributed by atoms with Crippen molar-refractivity contribution in [2.24, 2.45) is 0 Å². The van der Waals surface area contributed by atoms with Crippen molar-refractivity contribution in [1.29, 1.82) is 0 Å². The predicted octanol–water partition coefficient (Wildman–Crippen LogP) is 2.74. The standard InChI is InChI=1S/C30H35N7O4/c1-39-24-7-4-22(5-8-24)11-14-35-16-17-36(28-10-12-32-30(34-28)37-15-13-31-21-37)20-25(35)29(38)33-19-23-6-9-26(40-2)27(18-23)41-3/h4-10,12-13,15,18,21,25H,11,14,16-17,19-20H2,1-3H3,(H,33,38). The summed E-state index contributed by atoms with van der Waals surface area (Å²) in [6.45, 7) is 3.08. The molecule has 1 aliphatic rings. The molecule has 1 saturated heterocycles. The van der Waals surface area contributed by atoms with Crippen LogP contribution in [0, 0.1) is 0 Å². The number of nitrogens with zero attached hydrogens (tertiary/aromatic N) is 6. The van der Waals surface area contributed by atoms with E-state index >= 15 is 0 Å². The first-order valence-electron chi connectivity index (χ1n) is 13.5. The Hall–Kier alpha value is -4.64. The second-order valence-electron chi connectivity index (χ2n) is 9.69. The van der Waals surface area contributed by atoms with Gasteiger partial charge in [-0.25, -0.2) is 9.97 Å². The number of benzene rings is 2. The summed E-state index contributed by atoms with van der Waals surface area (Å²) in [6, 6.07) is 15.2. The van der Waals surface area contributed by atoms with Crippen LogP contribution in [-0.4, -0.2) is 83.9 Å². The van der Waals surface area contributed by atoms with Crippen molar-refractivity contribution < 1.29 is 19.0 Å². The fraction of sp³-hybridized carbons (Fsp3) is 0.333. The zero-order valence-corrected chi connectivity index (χ0v) is 23.6. The molecule has 0 bridgehead atoms. The normalized spacial score (nSPS) is 15.4. The SMILES string of the molecule is COc1ccc(CCN2CCN(c3ccnc(-n4ccnc4)n3)CC2C(=O)NCc2ccc(OC)c(OC)c2)cc1. The van der Waals surface area contributed by atoms with Gasteiger partial charge in [0, 0.05) is 51.3 Å². The third-order valence-corrected chi connectivity index (χ3v) is 7.24. The van der Waals surface area contributed by atoms with Crippen LogP contribution in [0.1, 0.15) is 11.1 Å². The van der Waals surface area contributed by atoms with E-state index in [1.807, 2.05) is 36.4 Å². The fourth-order valence-electron chi connectivity index (χ4n) is 4.92. The lowest BCUT2D eigenvalue weighted by molar-refractivity contribution is -0.126. The van der Waals surface area contributed by atoms with Crippen LogP contribution in [0.25, 0.3) is 5.95 Å². The van der Waals surface area contributed by atoms with E-state index in [-0.39, 0.29) is 11.9 Å². The van der Waals surface area contributed by atoms with Gasteiger partial charge in [-0.05, 0) is 47.9 Å². The number of nitrogens with one attached hydrogen (secondary N) is 1. The second-order valence-corrected chi connectivity index (χ2v) is 9.69. The van der Waals surface area contributed by atoms with E-state index in [1.165, 1.54) is 5.56 Å². The van der Waals surface area contributed by atoms with Crippen LogP contribution in [0.15, 0.2) is 73.4 Å². The van der Waals surface area contributed by atoms with E-state index < -0.39 is 0 Å². The maximum Gasteiger partial charge on any atom is 0.239 e. The van der Waals surface area contributed by atoms with Crippen molar-refractivity contribution in [3.63, 3.8) is 0 Å². The van der Waals surface area contributed by atoms with Crippen LogP contribution in [-0.2, 0) is 17.8 Å². The van der Waals surface area contributed by atoms with Crippen LogP contribution in [0.4, 0.5) is 5.82 Å². The van der Waals surface area contributed by atoms with Crippen LogP contribution >= 0.6 is 0 Å². The number of amides is 1. The van der Waals surface area contributed by atoms with Gasteiger partial charge in [0.15, 0.2) is 11.5 Å². The number of ether oxygens (including phenoxy) is 3. The predicted molar refractivity (Wildman–Crippen MR) is 155 cm³/mol. The molecule has 2 aromatic carbocycles. The van der Waals surface area contributed by atoms with Gasteiger partial charge in [0.1, 0.15) is 23.9 Å². The molecule has 1 atom stereocenters. The third kappa shape index (κ3) is 6.75. The number of hydrogen-bond acceptors (Lipinski definition) is 9. The minimum Gasteiger partial charge on any atom is -0.497 e. The summed E-state index contributed by atoms with van der Waals surface area (Å²) < 4.78 is 17.8. The number of piperazine rings is 1. The van der Waals surface area contributed by atoms with Gasteiger partial charge in [-0.2, -0.15) is 4.98 Å². The third-order valence-electron chi connectivity index (χ3n) is 7.24. The Morgan fingerprint density at radius 2 is 1.76 bits per heavy atom. The molecular formula is C30H35N7O4. The van der Waals surface area contributed by atoms with Crippen molar-refractivity contribution >= 4 is 11.7 Å². The lowest BCUT2D eigenvalue weighted by atomic mass is 10.1. The lowest BCUT2D eigenvalue weighted by Gasteiger charge is -2.41. The van der Waals surface area contributed by atoms with Crippen molar-refractivity contribution in [2.45, 2.75) is 19.0 Å². The Labute approximate surface area is 239 Å². The molecule has 1 aliphatic heterocycles. The molecule has 4 aromatic rings. The Bertz CT molecular complexity index is 1430. The lowest BCUT2D eigenvalue weighted by Crippen LogP contribution is -2.59. The first-order chi connectivity index (χ1) is 20.1. The van der Waals surface area contributed by atoms with Crippen LogP contribution in [0.2, 0.25) is 0 Å². The fourth-order valence-corrected chi connectivity index (χ4v) is 4.92. The van der Waals surface area contributed by atoms with Crippen LogP contribution < -0.4 is 24.4 Å². The Morgan fingerprint density at radius 1 is 0.951 bits per heavy atom. The molecule has 2 aromatic heterocycles. The minimum atomic E-state index is -0.367. The van der Waals surface area contributed by atoms with Crippen molar-refractivity contribution in [3.8, 4) is 23.2 Å². The second kappa shape index (κ2) is 13.1. The van der Waals surface area contributed by atoms with E-state index in [0.29, 0.717) is 30.5 Å². The average Bonchev–Trinajstić information content (AvgIpc) is 3.58. The average molecular weight is 558 g/mol. The molecule has 1 N–H and O–H groups in total. The molecule has 11 heteroatoms. The van der Waals surface area contributed by atoms with E-state index in [2.05, 4.69) is 37.2 Å². The van der Waals surface area contributed by atoms with Crippen molar-refractivity contribution in [2.75, 3.05) is 52.4 Å². The van der Waals surface area contributed by atoms with Gasteiger partial charge in [0.2, 0.25) is 11.9 Å². The number of hydrogen-bond donors (Lipinski definition) is 1. The number of aromatic nitrogens is 4. The molecule has 0 spiro atoms. The summed E-state index contributed by atoms with van der Waals surface area (Å²) in [6.07, 6.45) is 7.72. The summed E-state index contributed by atoms with van der Waals surface area (Å²) >= 11 is 0. The largest absolute Gasteiger partial charge is 0.497 e. The zero-order valence-electron chi connectivity index (χ0n) is 23.6. The Balaban J connectivity index is 1.31. The molecule has 1 fully saturated rings.